The van der Waals surface area contributed by atoms with Crippen molar-refractivity contribution >= 4 is 11.6 Å². The van der Waals surface area contributed by atoms with Gasteiger partial charge in [-0.3, -0.25) is 0 Å². The Bertz CT molecular complexity index is 818. The number of hydrogen-bond acceptors (Lipinski definition) is 3. The molecule has 3 aromatic rings. The van der Waals surface area contributed by atoms with E-state index in [0.717, 1.165) is 11.3 Å². The molecule has 0 saturated heterocycles. The summed E-state index contributed by atoms with van der Waals surface area (Å²) in [6.07, 6.45) is 2.88. The van der Waals surface area contributed by atoms with E-state index in [0.29, 0.717) is 23.0 Å². The minimum absolute atomic E-state index is 0.241. The summed E-state index contributed by atoms with van der Waals surface area (Å²) < 4.78 is 25.9. The Labute approximate surface area is 144 Å². The third-order valence-electron chi connectivity index (χ3n) is 3.46. The van der Waals surface area contributed by atoms with Gasteiger partial charge in [0.2, 0.25) is 0 Å². The molecule has 0 atom stereocenters. The van der Waals surface area contributed by atoms with Crippen LogP contribution >= 0.6 is 11.6 Å². The number of aromatic nitrogens is 2. The van der Waals surface area contributed by atoms with Crippen LogP contribution in [-0.4, -0.2) is 16.9 Å². The van der Waals surface area contributed by atoms with Gasteiger partial charge in [0.1, 0.15) is 11.6 Å². The largest absolute Gasteiger partial charge is 0.497 e. The lowest BCUT2D eigenvalue weighted by molar-refractivity contribution is 0.107. The van der Waals surface area contributed by atoms with Crippen LogP contribution in [0.5, 0.6) is 5.75 Å². The number of ether oxygens (including phenoxy) is 2. The first-order valence-electron chi connectivity index (χ1n) is 7.28. The molecule has 24 heavy (non-hydrogen) atoms. The van der Waals surface area contributed by atoms with Gasteiger partial charge in [-0.25, -0.2) is 9.07 Å². The summed E-state index contributed by atoms with van der Waals surface area (Å²) in [5.41, 5.74) is 2.35. The zero-order valence-corrected chi connectivity index (χ0v) is 13.8. The van der Waals surface area contributed by atoms with Crippen LogP contribution in [0.25, 0.3) is 5.69 Å². The molecule has 1 radical (unpaired) electrons. The number of hydrogen-bond donors (Lipinski definition) is 0. The molecule has 0 bridgehead atoms. The molecule has 0 spiro atoms. The van der Waals surface area contributed by atoms with E-state index >= 15 is 0 Å². The normalized spacial score (nSPS) is 10.8. The van der Waals surface area contributed by atoms with Crippen molar-refractivity contribution in [2.75, 3.05) is 7.11 Å². The average Bonchev–Trinajstić information content (AvgIpc) is 3.02. The highest BCUT2D eigenvalue weighted by atomic mass is 35.5. The zero-order chi connectivity index (χ0) is 16.9. The van der Waals surface area contributed by atoms with E-state index in [9.17, 15) is 4.39 Å². The van der Waals surface area contributed by atoms with E-state index in [-0.39, 0.29) is 12.4 Å². The van der Waals surface area contributed by atoms with Crippen molar-refractivity contribution in [2.24, 2.45) is 0 Å². The second kappa shape index (κ2) is 7.47. The quantitative estimate of drug-likeness (QED) is 0.672. The standard InChI is InChI=1S/C18H15ClFN2O2/c1-23-16-5-2-13(3-6-16)11-24-12-14-10-15(20)4-7-17(14)22-9-8-18(19)21-22/h2-8,10H,11-12H2,1H3. The van der Waals surface area contributed by atoms with Crippen molar-refractivity contribution in [1.29, 1.82) is 0 Å². The monoisotopic (exact) mass is 345 g/mol. The lowest BCUT2D eigenvalue weighted by Crippen LogP contribution is -2.03. The Kier molecular flexibility index (Phi) is 5.13. The molecule has 0 aliphatic carbocycles. The predicted molar refractivity (Wildman–Crippen MR) is 88.9 cm³/mol. The summed E-state index contributed by atoms with van der Waals surface area (Å²) in [5, 5.41) is 4.41. The Morgan fingerprint density at radius 3 is 2.62 bits per heavy atom. The van der Waals surface area contributed by atoms with E-state index < -0.39 is 0 Å². The number of nitrogens with zero attached hydrogens (tertiary/aromatic N) is 2. The van der Waals surface area contributed by atoms with E-state index in [1.54, 1.807) is 19.2 Å². The van der Waals surface area contributed by atoms with Crippen LogP contribution in [-0.2, 0) is 18.0 Å². The van der Waals surface area contributed by atoms with Crippen LogP contribution in [0.15, 0.2) is 48.5 Å². The predicted octanol–water partition coefficient (Wildman–Crippen LogP) is 4.19. The SMILES string of the molecule is COc1ccc(COCc2cc(F)ccc2-n2[c]cc(Cl)n2)cc1. The molecule has 0 saturated carbocycles. The minimum Gasteiger partial charge on any atom is -0.497 e. The van der Waals surface area contributed by atoms with Gasteiger partial charge >= 0.3 is 0 Å². The third kappa shape index (κ3) is 3.93. The molecule has 0 unspecified atom stereocenters. The smallest absolute Gasteiger partial charge is 0.152 e. The molecule has 0 N–H and O–H groups in total. The van der Waals surface area contributed by atoms with Gasteiger partial charge in [0.25, 0.3) is 0 Å². The molecule has 0 aliphatic heterocycles. The van der Waals surface area contributed by atoms with Crippen LogP contribution < -0.4 is 4.74 Å². The molecular weight excluding hydrogens is 331 g/mol. The maximum atomic E-state index is 13.6. The molecule has 123 valence electrons. The second-order valence-electron chi connectivity index (χ2n) is 5.12. The topological polar surface area (TPSA) is 36.3 Å². The highest BCUT2D eigenvalue weighted by Crippen LogP contribution is 2.19. The average molecular weight is 346 g/mol. The fraction of sp³-hybridized carbons (Fsp3) is 0.167. The molecule has 4 nitrogen and oxygen atoms in total. The summed E-state index contributed by atoms with van der Waals surface area (Å²) in [7, 11) is 1.62. The van der Waals surface area contributed by atoms with Crippen molar-refractivity contribution in [3.05, 3.63) is 76.8 Å². The van der Waals surface area contributed by atoms with Gasteiger partial charge in [0.05, 0.1) is 32.2 Å². The van der Waals surface area contributed by atoms with E-state index in [2.05, 4.69) is 11.3 Å². The molecule has 0 fully saturated rings. The fourth-order valence-corrected chi connectivity index (χ4v) is 2.39. The molecule has 0 amide bonds. The molecule has 6 heteroatoms. The van der Waals surface area contributed by atoms with E-state index in [1.807, 2.05) is 24.3 Å². The third-order valence-corrected chi connectivity index (χ3v) is 3.64. The highest BCUT2D eigenvalue weighted by Gasteiger charge is 2.09. The first-order chi connectivity index (χ1) is 11.7. The number of methoxy groups -OCH3 is 1. The van der Waals surface area contributed by atoms with Crippen LogP contribution in [0.3, 0.4) is 0 Å². The lowest BCUT2D eigenvalue weighted by Gasteiger charge is -2.11. The first-order valence-corrected chi connectivity index (χ1v) is 7.66. The molecule has 3 rings (SSSR count). The van der Waals surface area contributed by atoms with Gasteiger partial charge in [0.15, 0.2) is 5.15 Å². The summed E-state index contributed by atoms with van der Waals surface area (Å²) in [6.45, 7) is 0.647. The Morgan fingerprint density at radius 1 is 1.17 bits per heavy atom. The number of benzene rings is 2. The molecule has 0 aliphatic rings. The molecule has 2 aromatic carbocycles. The second-order valence-corrected chi connectivity index (χ2v) is 5.51. The maximum absolute atomic E-state index is 13.6. The van der Waals surface area contributed by atoms with Crippen molar-refractivity contribution in [1.82, 2.24) is 9.78 Å². The van der Waals surface area contributed by atoms with Crippen LogP contribution in [0, 0.1) is 12.0 Å². The Morgan fingerprint density at radius 2 is 1.96 bits per heavy atom. The van der Waals surface area contributed by atoms with Gasteiger partial charge in [0, 0.05) is 11.6 Å². The maximum Gasteiger partial charge on any atom is 0.152 e. The van der Waals surface area contributed by atoms with Crippen molar-refractivity contribution in [3.63, 3.8) is 0 Å². The molecular formula is C18H15ClFN2O2. The van der Waals surface area contributed by atoms with Gasteiger partial charge in [-0.05, 0) is 35.9 Å². The van der Waals surface area contributed by atoms with Gasteiger partial charge in [-0.2, -0.15) is 5.10 Å². The summed E-state index contributed by atoms with van der Waals surface area (Å²) >= 11 is 5.82. The van der Waals surface area contributed by atoms with E-state index in [4.69, 9.17) is 21.1 Å². The fourth-order valence-electron chi connectivity index (χ4n) is 2.27. The highest BCUT2D eigenvalue weighted by molar-refractivity contribution is 6.29. The zero-order valence-electron chi connectivity index (χ0n) is 13.0. The summed E-state index contributed by atoms with van der Waals surface area (Å²) in [6, 6.07) is 13.5. The molecule has 1 heterocycles. The van der Waals surface area contributed by atoms with Gasteiger partial charge in [-0.15, -0.1) is 0 Å². The van der Waals surface area contributed by atoms with Gasteiger partial charge in [-0.1, -0.05) is 23.7 Å². The van der Waals surface area contributed by atoms with Crippen molar-refractivity contribution < 1.29 is 13.9 Å². The van der Waals surface area contributed by atoms with E-state index in [1.165, 1.54) is 16.8 Å². The summed E-state index contributed by atoms with van der Waals surface area (Å²) in [5.74, 6) is 0.456. The number of rotatable bonds is 6. The van der Waals surface area contributed by atoms with Crippen LogP contribution in [0.1, 0.15) is 11.1 Å². The molecule has 1 aromatic heterocycles. The Balaban J connectivity index is 1.71. The van der Waals surface area contributed by atoms with Crippen LogP contribution in [0.2, 0.25) is 5.15 Å². The van der Waals surface area contributed by atoms with Crippen molar-refractivity contribution in [2.45, 2.75) is 13.2 Å². The Hall–Kier alpha value is -2.37. The van der Waals surface area contributed by atoms with Crippen LogP contribution in [0.4, 0.5) is 4.39 Å². The number of halogens is 2. The van der Waals surface area contributed by atoms with Crippen molar-refractivity contribution in [3.8, 4) is 11.4 Å². The summed E-state index contributed by atoms with van der Waals surface area (Å²) in [4.78, 5) is 0. The minimum atomic E-state index is -0.333. The lowest BCUT2D eigenvalue weighted by atomic mass is 10.2. The first kappa shape index (κ1) is 16.5. The van der Waals surface area contributed by atoms with Gasteiger partial charge < -0.3 is 9.47 Å².